The summed E-state index contributed by atoms with van der Waals surface area (Å²) in [6.07, 6.45) is 3.84. The third-order valence-electron chi connectivity index (χ3n) is 4.91. The van der Waals surface area contributed by atoms with Crippen LogP contribution in [-0.2, 0) is 11.2 Å². The van der Waals surface area contributed by atoms with E-state index in [2.05, 4.69) is 4.98 Å². The molecular formula is C22H20ClFN2O3. The van der Waals surface area contributed by atoms with Crippen LogP contribution < -0.4 is 4.74 Å². The van der Waals surface area contributed by atoms with E-state index >= 15 is 0 Å². The molecule has 29 heavy (non-hydrogen) atoms. The molecule has 5 nitrogen and oxygen atoms in total. The first-order valence-electron chi connectivity index (χ1n) is 9.46. The summed E-state index contributed by atoms with van der Waals surface area (Å²) < 4.78 is 24.5. The van der Waals surface area contributed by atoms with E-state index in [-0.39, 0.29) is 24.4 Å². The number of nitrogens with zero attached hydrogens (tertiary/aromatic N) is 2. The van der Waals surface area contributed by atoms with E-state index in [9.17, 15) is 9.18 Å². The molecule has 0 spiro atoms. The first-order valence-corrected chi connectivity index (χ1v) is 9.84. The molecular weight excluding hydrogens is 395 g/mol. The second-order valence-electron chi connectivity index (χ2n) is 6.93. The first kappa shape index (κ1) is 19.5. The van der Waals surface area contributed by atoms with Crippen molar-refractivity contribution in [2.75, 3.05) is 13.2 Å². The van der Waals surface area contributed by atoms with E-state index in [1.165, 1.54) is 12.1 Å². The maximum Gasteiger partial charge on any atom is 0.261 e. The van der Waals surface area contributed by atoms with Crippen LogP contribution in [0.1, 0.15) is 36.1 Å². The van der Waals surface area contributed by atoms with Crippen LogP contribution in [0.5, 0.6) is 5.75 Å². The number of aromatic nitrogens is 1. The molecule has 1 fully saturated rings. The summed E-state index contributed by atoms with van der Waals surface area (Å²) in [5.74, 6) is 1.27. The number of rotatable bonds is 6. The third-order valence-corrected chi connectivity index (χ3v) is 5.22. The standard InChI is InChI=1S/C22H20ClFN2O3/c23-18-4-1-2-6-20(18)28-14-21(27)26-11-3-5-19(26)22-25-13-17(29-22)12-15-7-9-16(24)10-8-15/h1-2,4,6-10,13,19H,3,5,11-12,14H2/t19-/m1/s1. The Labute approximate surface area is 173 Å². The summed E-state index contributed by atoms with van der Waals surface area (Å²) in [5.41, 5.74) is 0.932. The number of amides is 1. The topological polar surface area (TPSA) is 55.6 Å². The molecule has 0 bridgehead atoms. The van der Waals surface area contributed by atoms with Gasteiger partial charge in [0.25, 0.3) is 5.91 Å². The van der Waals surface area contributed by atoms with Gasteiger partial charge in [-0.3, -0.25) is 4.79 Å². The summed E-state index contributed by atoms with van der Waals surface area (Å²) in [6.45, 7) is 0.536. The summed E-state index contributed by atoms with van der Waals surface area (Å²) in [4.78, 5) is 18.8. The fourth-order valence-corrected chi connectivity index (χ4v) is 3.66. The molecule has 1 aliphatic heterocycles. The highest BCUT2D eigenvalue weighted by molar-refractivity contribution is 6.32. The number of hydrogen-bond donors (Lipinski definition) is 0. The van der Waals surface area contributed by atoms with Crippen LogP contribution >= 0.6 is 11.6 Å². The van der Waals surface area contributed by atoms with Gasteiger partial charge in [0.1, 0.15) is 23.4 Å². The van der Waals surface area contributed by atoms with Gasteiger partial charge in [0.15, 0.2) is 6.61 Å². The molecule has 0 radical (unpaired) electrons. The van der Waals surface area contributed by atoms with E-state index in [1.807, 2.05) is 0 Å². The van der Waals surface area contributed by atoms with Crippen LogP contribution in [0.25, 0.3) is 0 Å². The number of benzene rings is 2. The SMILES string of the molecule is O=C(COc1ccccc1Cl)N1CCC[C@@H]1c1ncc(Cc2ccc(F)cc2)o1. The van der Waals surface area contributed by atoms with Crippen LogP contribution in [-0.4, -0.2) is 28.9 Å². The number of halogens is 2. The maximum absolute atomic E-state index is 13.1. The number of oxazole rings is 1. The molecule has 150 valence electrons. The predicted molar refractivity (Wildman–Crippen MR) is 106 cm³/mol. The van der Waals surface area contributed by atoms with Crippen molar-refractivity contribution < 1.29 is 18.3 Å². The Morgan fingerprint density at radius 2 is 2.03 bits per heavy atom. The number of para-hydroxylation sites is 1. The molecule has 7 heteroatoms. The van der Waals surface area contributed by atoms with Gasteiger partial charge in [-0.05, 0) is 42.7 Å². The van der Waals surface area contributed by atoms with E-state index in [0.29, 0.717) is 35.4 Å². The predicted octanol–water partition coefficient (Wildman–Crippen LogP) is 4.80. The Balaban J connectivity index is 1.40. The van der Waals surface area contributed by atoms with Crippen molar-refractivity contribution in [1.29, 1.82) is 0 Å². The molecule has 1 aliphatic rings. The zero-order valence-corrected chi connectivity index (χ0v) is 16.4. The highest BCUT2D eigenvalue weighted by Crippen LogP contribution is 2.32. The lowest BCUT2D eigenvalue weighted by molar-refractivity contribution is -0.134. The van der Waals surface area contributed by atoms with Crippen molar-refractivity contribution in [3.8, 4) is 5.75 Å². The fourth-order valence-electron chi connectivity index (χ4n) is 3.47. The van der Waals surface area contributed by atoms with Crippen LogP contribution in [0.15, 0.2) is 59.1 Å². The summed E-state index contributed by atoms with van der Waals surface area (Å²) >= 11 is 6.07. The zero-order valence-electron chi connectivity index (χ0n) is 15.7. The number of ether oxygens (including phenoxy) is 1. The van der Waals surface area contributed by atoms with Crippen LogP contribution in [0.4, 0.5) is 4.39 Å². The Kier molecular flexibility index (Phi) is 5.81. The van der Waals surface area contributed by atoms with Crippen LogP contribution in [0, 0.1) is 5.82 Å². The van der Waals surface area contributed by atoms with Crippen molar-refractivity contribution in [2.24, 2.45) is 0 Å². The number of carbonyl (C=O) groups is 1. The minimum Gasteiger partial charge on any atom is -0.482 e. The molecule has 1 amide bonds. The van der Waals surface area contributed by atoms with Crippen molar-refractivity contribution >= 4 is 17.5 Å². The van der Waals surface area contributed by atoms with Gasteiger partial charge >= 0.3 is 0 Å². The lowest BCUT2D eigenvalue weighted by Gasteiger charge is -2.22. The second-order valence-corrected chi connectivity index (χ2v) is 7.34. The highest BCUT2D eigenvalue weighted by Gasteiger charge is 2.33. The fraction of sp³-hybridized carbons (Fsp3) is 0.273. The Bertz CT molecular complexity index is 990. The van der Waals surface area contributed by atoms with E-state index < -0.39 is 0 Å². The molecule has 1 saturated heterocycles. The normalized spacial score (nSPS) is 16.2. The van der Waals surface area contributed by atoms with E-state index in [0.717, 1.165) is 18.4 Å². The first-order chi connectivity index (χ1) is 14.1. The molecule has 0 N–H and O–H groups in total. The smallest absolute Gasteiger partial charge is 0.261 e. The molecule has 3 aromatic rings. The highest BCUT2D eigenvalue weighted by atomic mass is 35.5. The minimum absolute atomic E-state index is 0.0939. The molecule has 1 aromatic heterocycles. The molecule has 0 saturated carbocycles. The molecule has 2 aromatic carbocycles. The lowest BCUT2D eigenvalue weighted by Crippen LogP contribution is -2.34. The summed E-state index contributed by atoms with van der Waals surface area (Å²) in [7, 11) is 0. The van der Waals surface area contributed by atoms with Crippen molar-refractivity contribution in [1.82, 2.24) is 9.88 Å². The molecule has 1 atom stereocenters. The quantitative estimate of drug-likeness (QED) is 0.581. The number of carbonyl (C=O) groups excluding carboxylic acids is 1. The second kappa shape index (κ2) is 8.66. The van der Waals surface area contributed by atoms with E-state index in [4.69, 9.17) is 20.8 Å². The van der Waals surface area contributed by atoms with Crippen molar-refractivity contribution in [2.45, 2.75) is 25.3 Å². The van der Waals surface area contributed by atoms with Crippen molar-refractivity contribution in [3.63, 3.8) is 0 Å². The van der Waals surface area contributed by atoms with Gasteiger partial charge in [0.2, 0.25) is 5.89 Å². The monoisotopic (exact) mass is 414 g/mol. The van der Waals surface area contributed by atoms with Crippen molar-refractivity contribution in [3.05, 3.63) is 82.8 Å². The van der Waals surface area contributed by atoms with Gasteiger partial charge in [-0.1, -0.05) is 35.9 Å². The van der Waals surface area contributed by atoms with Gasteiger partial charge in [0.05, 0.1) is 11.2 Å². The zero-order chi connectivity index (χ0) is 20.2. The van der Waals surface area contributed by atoms with Gasteiger partial charge in [-0.2, -0.15) is 0 Å². The van der Waals surface area contributed by atoms with Gasteiger partial charge < -0.3 is 14.1 Å². The molecule has 0 aliphatic carbocycles. The van der Waals surface area contributed by atoms with Gasteiger partial charge in [0, 0.05) is 13.0 Å². The Morgan fingerprint density at radius 1 is 1.24 bits per heavy atom. The van der Waals surface area contributed by atoms with Crippen LogP contribution in [0.2, 0.25) is 5.02 Å². The van der Waals surface area contributed by atoms with E-state index in [1.54, 1.807) is 47.5 Å². The molecule has 0 unspecified atom stereocenters. The largest absolute Gasteiger partial charge is 0.482 e. The third kappa shape index (κ3) is 4.59. The van der Waals surface area contributed by atoms with Gasteiger partial charge in [-0.15, -0.1) is 0 Å². The minimum atomic E-state index is -0.272. The Morgan fingerprint density at radius 3 is 2.83 bits per heavy atom. The van der Waals surface area contributed by atoms with Gasteiger partial charge in [-0.25, -0.2) is 9.37 Å². The lowest BCUT2D eigenvalue weighted by atomic mass is 10.1. The average molecular weight is 415 g/mol. The number of hydrogen-bond acceptors (Lipinski definition) is 4. The maximum atomic E-state index is 13.1. The molecule has 4 rings (SSSR count). The Hall–Kier alpha value is -2.86. The summed E-state index contributed by atoms with van der Waals surface area (Å²) in [6, 6.07) is 13.1. The average Bonchev–Trinajstić information content (AvgIpc) is 3.38. The molecule has 2 heterocycles. The summed E-state index contributed by atoms with van der Waals surface area (Å²) in [5, 5.41) is 0.469. The number of likely N-dealkylation sites (tertiary alicyclic amines) is 1. The van der Waals surface area contributed by atoms with Crippen LogP contribution in [0.3, 0.4) is 0 Å².